The topological polar surface area (TPSA) is 26.3 Å². The van der Waals surface area contributed by atoms with Crippen LogP contribution in [0.4, 0.5) is 17.6 Å². The van der Waals surface area contributed by atoms with Crippen LogP contribution in [-0.2, 0) is 11.0 Å². The van der Waals surface area contributed by atoms with E-state index in [4.69, 9.17) is 4.74 Å². The monoisotopic (exact) mass is 250 g/mol. The number of hydrogen-bond acceptors (Lipinski definition) is 2. The molecule has 0 radical (unpaired) electrons. The number of ether oxygens (including phenoxy) is 1. The lowest BCUT2D eigenvalue weighted by Crippen LogP contribution is -2.21. The van der Waals surface area contributed by atoms with Gasteiger partial charge in [-0.05, 0) is 32.0 Å². The average molecular weight is 250 g/mol. The third-order valence-electron chi connectivity index (χ3n) is 2.13. The molecule has 0 amide bonds. The van der Waals surface area contributed by atoms with Crippen molar-refractivity contribution < 1.29 is 27.1 Å². The summed E-state index contributed by atoms with van der Waals surface area (Å²) in [5.41, 5.74) is -1.41. The predicted molar refractivity (Wildman–Crippen MR) is 52.2 cm³/mol. The highest BCUT2D eigenvalue weighted by atomic mass is 19.4. The molecule has 1 aromatic rings. The molecule has 1 rings (SSSR count). The number of benzene rings is 1. The summed E-state index contributed by atoms with van der Waals surface area (Å²) >= 11 is 0. The minimum absolute atomic E-state index is 0.193. The van der Waals surface area contributed by atoms with Crippen LogP contribution in [-0.4, -0.2) is 11.9 Å². The minimum atomic E-state index is -4.79. The molecule has 17 heavy (non-hydrogen) atoms. The smallest absolute Gasteiger partial charge is 0.419 e. The fourth-order valence-electron chi connectivity index (χ4n) is 1.08. The van der Waals surface area contributed by atoms with E-state index in [0.717, 1.165) is 6.07 Å². The Balaban J connectivity index is 3.01. The summed E-state index contributed by atoms with van der Waals surface area (Å²) in [4.78, 5) is 10.9. The maximum absolute atomic E-state index is 12.9. The third-order valence-corrected chi connectivity index (χ3v) is 2.13. The largest absolute Gasteiger partial charge is 0.483 e. The lowest BCUT2D eigenvalue weighted by Gasteiger charge is -2.14. The molecule has 1 unspecified atom stereocenters. The Kier molecular flexibility index (Phi) is 3.75. The van der Waals surface area contributed by atoms with Crippen molar-refractivity contribution in [2.45, 2.75) is 26.1 Å². The summed E-state index contributed by atoms with van der Waals surface area (Å²) in [6.07, 6.45) is -5.66. The van der Waals surface area contributed by atoms with Crippen LogP contribution in [0.3, 0.4) is 0 Å². The first kappa shape index (κ1) is 13.5. The van der Waals surface area contributed by atoms with Crippen LogP contribution in [0, 0.1) is 5.82 Å². The number of carbonyl (C=O) groups is 1. The van der Waals surface area contributed by atoms with Crippen LogP contribution in [0.1, 0.15) is 19.4 Å². The first-order valence-electron chi connectivity index (χ1n) is 4.75. The highest BCUT2D eigenvalue weighted by Crippen LogP contribution is 2.33. The van der Waals surface area contributed by atoms with E-state index in [0.29, 0.717) is 12.1 Å². The second-order valence-corrected chi connectivity index (χ2v) is 3.51. The number of alkyl halides is 3. The van der Waals surface area contributed by atoms with Gasteiger partial charge >= 0.3 is 6.18 Å². The summed E-state index contributed by atoms with van der Waals surface area (Å²) in [5.74, 6) is -1.90. The van der Waals surface area contributed by atoms with Gasteiger partial charge in [0.15, 0.2) is 11.9 Å². The first-order chi connectivity index (χ1) is 7.71. The van der Waals surface area contributed by atoms with Crippen molar-refractivity contribution in [1.82, 2.24) is 0 Å². The molecule has 0 aliphatic rings. The normalized spacial score (nSPS) is 13.3. The second kappa shape index (κ2) is 4.73. The number of halogens is 4. The fraction of sp³-hybridized carbons (Fsp3) is 0.364. The van der Waals surface area contributed by atoms with Crippen LogP contribution >= 0.6 is 0 Å². The van der Waals surface area contributed by atoms with Crippen molar-refractivity contribution >= 4 is 5.78 Å². The summed E-state index contributed by atoms with van der Waals surface area (Å²) < 4.78 is 55.0. The summed E-state index contributed by atoms with van der Waals surface area (Å²) in [5, 5.41) is 0. The Morgan fingerprint density at radius 3 is 2.41 bits per heavy atom. The molecule has 0 aliphatic carbocycles. The number of hydrogen-bond donors (Lipinski definition) is 0. The van der Waals surface area contributed by atoms with Crippen molar-refractivity contribution in [2.24, 2.45) is 0 Å². The molecule has 0 N–H and O–H groups in total. The Bertz CT molecular complexity index is 426. The zero-order valence-electron chi connectivity index (χ0n) is 9.14. The Labute approximate surface area is 95.2 Å². The lowest BCUT2D eigenvalue weighted by molar-refractivity contribution is -0.140. The van der Waals surface area contributed by atoms with Gasteiger partial charge in [0.05, 0.1) is 5.56 Å². The summed E-state index contributed by atoms with van der Waals surface area (Å²) in [7, 11) is 0. The third kappa shape index (κ3) is 3.44. The molecular weight excluding hydrogens is 240 g/mol. The van der Waals surface area contributed by atoms with Gasteiger partial charge in [0.1, 0.15) is 11.6 Å². The van der Waals surface area contributed by atoms with Gasteiger partial charge in [-0.3, -0.25) is 4.79 Å². The Morgan fingerprint density at radius 2 is 1.94 bits per heavy atom. The van der Waals surface area contributed by atoms with Gasteiger partial charge in [0.25, 0.3) is 0 Å². The molecule has 94 valence electrons. The Morgan fingerprint density at radius 1 is 1.35 bits per heavy atom. The van der Waals surface area contributed by atoms with Crippen LogP contribution in [0.5, 0.6) is 5.75 Å². The molecule has 0 fully saturated rings. The predicted octanol–water partition coefficient (Wildman–Crippen LogP) is 3.20. The molecule has 0 aromatic heterocycles. The minimum Gasteiger partial charge on any atom is -0.483 e. The van der Waals surface area contributed by atoms with E-state index in [1.807, 2.05) is 0 Å². The molecule has 1 atom stereocenters. The van der Waals surface area contributed by atoms with E-state index >= 15 is 0 Å². The van der Waals surface area contributed by atoms with Crippen molar-refractivity contribution in [1.29, 1.82) is 0 Å². The van der Waals surface area contributed by atoms with E-state index in [2.05, 4.69) is 0 Å². The van der Waals surface area contributed by atoms with Crippen molar-refractivity contribution in [2.75, 3.05) is 0 Å². The molecule has 0 saturated carbocycles. The highest BCUT2D eigenvalue weighted by Gasteiger charge is 2.34. The average Bonchev–Trinajstić information content (AvgIpc) is 2.19. The number of carbonyl (C=O) groups excluding carboxylic acids is 1. The fourth-order valence-corrected chi connectivity index (χ4v) is 1.08. The zero-order valence-corrected chi connectivity index (χ0v) is 9.14. The summed E-state index contributed by atoms with van der Waals surface area (Å²) in [6.45, 7) is 2.65. The molecule has 1 aromatic carbocycles. The van der Waals surface area contributed by atoms with Gasteiger partial charge in [-0.15, -0.1) is 0 Å². The van der Waals surface area contributed by atoms with Gasteiger partial charge < -0.3 is 4.74 Å². The van der Waals surface area contributed by atoms with E-state index in [1.54, 1.807) is 0 Å². The quantitative estimate of drug-likeness (QED) is 0.770. The molecule has 0 spiro atoms. The Hall–Kier alpha value is -1.59. The van der Waals surface area contributed by atoms with Crippen LogP contribution in [0.25, 0.3) is 0 Å². The molecule has 0 saturated heterocycles. The SMILES string of the molecule is CC(=O)C(C)Oc1ccc(F)c(C(F)(F)F)c1. The van der Waals surface area contributed by atoms with Crippen LogP contribution in [0.2, 0.25) is 0 Å². The van der Waals surface area contributed by atoms with Crippen molar-refractivity contribution in [3.63, 3.8) is 0 Å². The van der Waals surface area contributed by atoms with E-state index in [9.17, 15) is 22.4 Å². The van der Waals surface area contributed by atoms with E-state index in [1.165, 1.54) is 13.8 Å². The highest BCUT2D eigenvalue weighted by molar-refractivity contribution is 5.80. The molecule has 2 nitrogen and oxygen atoms in total. The summed E-state index contributed by atoms with van der Waals surface area (Å²) in [6, 6.07) is 2.24. The van der Waals surface area contributed by atoms with Crippen LogP contribution < -0.4 is 4.74 Å². The zero-order chi connectivity index (χ0) is 13.2. The maximum Gasteiger partial charge on any atom is 0.419 e. The molecule has 6 heteroatoms. The molecular formula is C11H10F4O2. The van der Waals surface area contributed by atoms with Gasteiger partial charge in [-0.1, -0.05) is 0 Å². The van der Waals surface area contributed by atoms with Gasteiger partial charge in [0.2, 0.25) is 0 Å². The number of ketones is 1. The van der Waals surface area contributed by atoms with Crippen molar-refractivity contribution in [3.05, 3.63) is 29.6 Å². The number of rotatable bonds is 3. The van der Waals surface area contributed by atoms with E-state index in [-0.39, 0.29) is 11.5 Å². The van der Waals surface area contributed by atoms with Gasteiger partial charge in [-0.25, -0.2) is 4.39 Å². The van der Waals surface area contributed by atoms with Crippen molar-refractivity contribution in [3.8, 4) is 5.75 Å². The van der Waals surface area contributed by atoms with Crippen LogP contribution in [0.15, 0.2) is 18.2 Å². The van der Waals surface area contributed by atoms with Gasteiger partial charge in [0, 0.05) is 0 Å². The molecule has 0 heterocycles. The van der Waals surface area contributed by atoms with Gasteiger partial charge in [-0.2, -0.15) is 13.2 Å². The maximum atomic E-state index is 12.9. The standard InChI is InChI=1S/C11H10F4O2/c1-6(16)7(2)17-8-3-4-10(12)9(5-8)11(13,14)15/h3-5,7H,1-2H3. The second-order valence-electron chi connectivity index (χ2n) is 3.51. The lowest BCUT2D eigenvalue weighted by atomic mass is 10.2. The molecule has 0 aliphatic heterocycles. The number of Topliss-reactive ketones (excluding diaryl/α,β-unsaturated/α-hetero) is 1. The first-order valence-corrected chi connectivity index (χ1v) is 4.75. The molecule has 0 bridgehead atoms. The van der Waals surface area contributed by atoms with E-state index < -0.39 is 23.7 Å².